The van der Waals surface area contributed by atoms with Crippen LogP contribution in [0.4, 0.5) is 0 Å². The van der Waals surface area contributed by atoms with Gasteiger partial charge in [0.15, 0.2) is 5.43 Å². The lowest BCUT2D eigenvalue weighted by molar-refractivity contribution is 0.0701. The minimum Gasteiger partial charge on any atom is -0.494 e. The molecule has 0 bridgehead atoms. The molecule has 1 amide bonds. The number of amides is 1. The Hall–Kier alpha value is -3.80. The molecule has 0 fully saturated rings. The molecule has 6 nitrogen and oxygen atoms in total. The molecule has 0 radical (unpaired) electrons. The Morgan fingerprint density at radius 3 is 2.70 bits per heavy atom. The fourth-order valence-electron chi connectivity index (χ4n) is 3.99. The van der Waals surface area contributed by atoms with Crippen LogP contribution in [-0.2, 0) is 6.54 Å². The average molecular weight is 401 g/mol. The minimum atomic E-state index is -0.598. The van der Waals surface area contributed by atoms with Crippen LogP contribution < -0.4 is 10.2 Å². The quantitative estimate of drug-likeness (QED) is 0.491. The molecule has 150 valence electrons. The summed E-state index contributed by atoms with van der Waals surface area (Å²) in [6.07, 6.45) is 1.56. The van der Waals surface area contributed by atoms with Crippen molar-refractivity contribution in [2.75, 3.05) is 6.61 Å². The third-order valence-corrected chi connectivity index (χ3v) is 5.26. The van der Waals surface area contributed by atoms with Crippen LogP contribution in [0, 0.1) is 0 Å². The highest BCUT2D eigenvalue weighted by Crippen LogP contribution is 2.39. The first-order valence-electron chi connectivity index (χ1n) is 9.79. The average Bonchev–Trinajstić information content (AvgIpc) is 3.37. The summed E-state index contributed by atoms with van der Waals surface area (Å²) in [5.41, 5.74) is 1.33. The molecule has 4 aromatic rings. The van der Waals surface area contributed by atoms with E-state index < -0.39 is 6.04 Å². The van der Waals surface area contributed by atoms with Crippen LogP contribution in [0.5, 0.6) is 5.75 Å². The van der Waals surface area contributed by atoms with Crippen molar-refractivity contribution in [3.8, 4) is 5.75 Å². The van der Waals surface area contributed by atoms with Gasteiger partial charge >= 0.3 is 0 Å². The molecular formula is C24H19NO5. The lowest BCUT2D eigenvalue weighted by Crippen LogP contribution is -2.29. The van der Waals surface area contributed by atoms with Gasteiger partial charge in [-0.05, 0) is 48.9 Å². The van der Waals surface area contributed by atoms with E-state index in [2.05, 4.69) is 0 Å². The molecule has 0 N–H and O–H groups in total. The molecule has 0 unspecified atom stereocenters. The van der Waals surface area contributed by atoms with Crippen molar-refractivity contribution >= 4 is 16.9 Å². The Morgan fingerprint density at radius 2 is 1.90 bits per heavy atom. The van der Waals surface area contributed by atoms with Crippen LogP contribution in [0.2, 0.25) is 0 Å². The second kappa shape index (κ2) is 7.22. The van der Waals surface area contributed by atoms with Crippen LogP contribution in [0.15, 0.2) is 80.6 Å². The number of carbonyl (C=O) groups excluding carboxylic acids is 1. The molecule has 0 spiro atoms. The van der Waals surface area contributed by atoms with Gasteiger partial charge in [0, 0.05) is 0 Å². The van der Waals surface area contributed by atoms with Gasteiger partial charge < -0.3 is 18.5 Å². The van der Waals surface area contributed by atoms with E-state index in [1.807, 2.05) is 31.2 Å². The minimum absolute atomic E-state index is 0.0806. The summed E-state index contributed by atoms with van der Waals surface area (Å²) in [6.45, 7) is 2.65. The molecular weight excluding hydrogens is 382 g/mol. The number of rotatable bonds is 5. The molecule has 6 heteroatoms. The summed E-state index contributed by atoms with van der Waals surface area (Å²) in [5.74, 6) is 1.05. The van der Waals surface area contributed by atoms with Crippen molar-refractivity contribution in [1.82, 2.24) is 4.90 Å². The molecule has 1 atom stereocenters. The van der Waals surface area contributed by atoms with Gasteiger partial charge in [0.25, 0.3) is 5.91 Å². The van der Waals surface area contributed by atoms with E-state index in [9.17, 15) is 9.59 Å². The second-order valence-electron chi connectivity index (χ2n) is 7.09. The van der Waals surface area contributed by atoms with E-state index >= 15 is 0 Å². The summed E-state index contributed by atoms with van der Waals surface area (Å²) >= 11 is 0. The summed E-state index contributed by atoms with van der Waals surface area (Å²) in [7, 11) is 0. The van der Waals surface area contributed by atoms with Crippen LogP contribution in [0.1, 0.15) is 40.4 Å². The Bertz CT molecular complexity index is 1290. The third kappa shape index (κ3) is 2.88. The van der Waals surface area contributed by atoms with Gasteiger partial charge in [-0.2, -0.15) is 0 Å². The predicted octanol–water partition coefficient (Wildman–Crippen LogP) is 4.53. The van der Waals surface area contributed by atoms with E-state index in [1.54, 1.807) is 47.6 Å². The lowest BCUT2D eigenvalue weighted by Gasteiger charge is -2.24. The van der Waals surface area contributed by atoms with Crippen molar-refractivity contribution in [1.29, 1.82) is 0 Å². The molecule has 2 aromatic heterocycles. The Balaban J connectivity index is 1.72. The van der Waals surface area contributed by atoms with Crippen molar-refractivity contribution in [3.63, 3.8) is 0 Å². The number of para-hydroxylation sites is 1. The first-order valence-corrected chi connectivity index (χ1v) is 9.79. The van der Waals surface area contributed by atoms with Crippen molar-refractivity contribution in [3.05, 3.63) is 99.8 Å². The van der Waals surface area contributed by atoms with Crippen LogP contribution >= 0.6 is 0 Å². The molecule has 0 saturated heterocycles. The fraction of sp³-hybridized carbons (Fsp3) is 0.167. The molecule has 1 aliphatic rings. The van der Waals surface area contributed by atoms with Gasteiger partial charge in [0.1, 0.15) is 17.1 Å². The summed E-state index contributed by atoms with van der Waals surface area (Å²) < 4.78 is 17.0. The zero-order valence-corrected chi connectivity index (χ0v) is 16.3. The van der Waals surface area contributed by atoms with E-state index in [0.717, 1.165) is 5.56 Å². The first kappa shape index (κ1) is 18.2. The second-order valence-corrected chi connectivity index (χ2v) is 7.09. The normalized spacial score (nSPS) is 15.6. The van der Waals surface area contributed by atoms with Crippen molar-refractivity contribution in [2.45, 2.75) is 19.5 Å². The van der Waals surface area contributed by atoms with Crippen LogP contribution in [-0.4, -0.2) is 17.4 Å². The maximum atomic E-state index is 13.4. The maximum Gasteiger partial charge on any atom is 0.291 e. The van der Waals surface area contributed by atoms with Crippen molar-refractivity contribution in [2.24, 2.45) is 0 Å². The van der Waals surface area contributed by atoms with Gasteiger partial charge in [-0.15, -0.1) is 0 Å². The third-order valence-electron chi connectivity index (χ3n) is 5.26. The van der Waals surface area contributed by atoms with E-state index in [-0.39, 0.29) is 23.6 Å². The Labute approximate surface area is 172 Å². The van der Waals surface area contributed by atoms with Crippen molar-refractivity contribution < 1.29 is 18.4 Å². The monoisotopic (exact) mass is 401 g/mol. The van der Waals surface area contributed by atoms with Gasteiger partial charge in [-0.1, -0.05) is 24.3 Å². The fourth-order valence-corrected chi connectivity index (χ4v) is 3.99. The van der Waals surface area contributed by atoms with Gasteiger partial charge in [0.05, 0.1) is 36.4 Å². The Morgan fingerprint density at radius 1 is 1.03 bits per heavy atom. The number of carbonyl (C=O) groups is 1. The number of ether oxygens (including phenoxy) is 1. The predicted molar refractivity (Wildman–Crippen MR) is 111 cm³/mol. The van der Waals surface area contributed by atoms with E-state index in [4.69, 9.17) is 13.6 Å². The zero-order valence-electron chi connectivity index (χ0n) is 16.3. The number of furan rings is 1. The molecule has 5 rings (SSSR count). The number of hydrogen-bond donors (Lipinski definition) is 0. The standard InChI is InChI=1S/C24H19NO5/c1-2-28-16-8-5-7-15(13-16)21-20-22(26)18-10-3-4-11-19(18)30-23(20)24(27)25(21)14-17-9-6-12-29-17/h3-13,21H,2,14H2,1H3/t21-/m1/s1. The SMILES string of the molecule is CCOc1cccc([C@@H]2c3c(oc4ccccc4c3=O)C(=O)N2Cc2ccco2)c1. The molecule has 1 aliphatic heterocycles. The lowest BCUT2D eigenvalue weighted by atomic mass is 9.98. The van der Waals surface area contributed by atoms with Gasteiger partial charge in [-0.3, -0.25) is 9.59 Å². The molecule has 0 saturated carbocycles. The van der Waals surface area contributed by atoms with E-state index in [1.165, 1.54) is 0 Å². The topological polar surface area (TPSA) is 72.9 Å². The highest BCUT2D eigenvalue weighted by Gasteiger charge is 2.43. The van der Waals surface area contributed by atoms with Crippen LogP contribution in [0.25, 0.3) is 11.0 Å². The summed E-state index contributed by atoms with van der Waals surface area (Å²) in [4.78, 5) is 28.4. The van der Waals surface area contributed by atoms with Crippen LogP contribution in [0.3, 0.4) is 0 Å². The number of benzene rings is 2. The van der Waals surface area contributed by atoms with E-state index in [0.29, 0.717) is 34.6 Å². The number of nitrogens with zero attached hydrogens (tertiary/aromatic N) is 1. The summed E-state index contributed by atoms with van der Waals surface area (Å²) in [5, 5.41) is 0.454. The maximum absolute atomic E-state index is 13.4. The van der Waals surface area contributed by atoms with Gasteiger partial charge in [-0.25, -0.2) is 0 Å². The highest BCUT2D eigenvalue weighted by atomic mass is 16.5. The zero-order chi connectivity index (χ0) is 20.7. The summed E-state index contributed by atoms with van der Waals surface area (Å²) in [6, 6.07) is 17.4. The number of hydrogen-bond acceptors (Lipinski definition) is 5. The molecule has 2 aromatic carbocycles. The molecule has 3 heterocycles. The van der Waals surface area contributed by atoms with Gasteiger partial charge in [0.2, 0.25) is 5.76 Å². The number of fused-ring (bicyclic) bond motifs is 2. The Kier molecular flexibility index (Phi) is 4.39. The highest BCUT2D eigenvalue weighted by molar-refractivity contribution is 5.99. The largest absolute Gasteiger partial charge is 0.494 e. The first-order chi connectivity index (χ1) is 14.7. The smallest absolute Gasteiger partial charge is 0.291 e. The molecule has 30 heavy (non-hydrogen) atoms. The molecule has 0 aliphatic carbocycles.